The largest absolute Gasteiger partial charge is 0.478 e. The Hall–Kier alpha value is -4.72. The number of thioether (sulfide) groups is 1. The van der Waals surface area contributed by atoms with Crippen molar-refractivity contribution in [2.75, 3.05) is 23.8 Å². The van der Waals surface area contributed by atoms with Gasteiger partial charge in [0.1, 0.15) is 17.1 Å². The molecular weight excluding hydrogens is 620 g/mol. The summed E-state index contributed by atoms with van der Waals surface area (Å²) in [4.78, 5) is 70.9. The number of aromatic nitrogens is 4. The molecule has 20 heteroatoms. The maximum absolute atomic E-state index is 13.3. The lowest BCUT2D eigenvalue weighted by Gasteiger charge is -2.49. The molecule has 0 radical (unpaired) electrons. The van der Waals surface area contributed by atoms with Crippen LogP contribution in [0.1, 0.15) is 31.7 Å². The zero-order chi connectivity index (χ0) is 32.3. The minimum Gasteiger partial charge on any atom is -0.478 e. The predicted octanol–water partition coefficient (Wildman–Crippen LogP) is -1.97. The van der Waals surface area contributed by atoms with Gasteiger partial charge in [0.25, 0.3) is 11.8 Å². The lowest BCUT2D eigenvalue weighted by atomic mass is 10.0. The number of fused-ring (bicyclic) bond motifs is 1. The van der Waals surface area contributed by atoms with E-state index in [9.17, 15) is 34.2 Å². The quantitative estimate of drug-likeness (QED) is 0.0324. The van der Waals surface area contributed by atoms with Crippen molar-refractivity contribution in [3.8, 4) is 0 Å². The van der Waals surface area contributed by atoms with Crippen LogP contribution in [0.3, 0.4) is 0 Å². The van der Waals surface area contributed by atoms with E-state index >= 15 is 0 Å². The molecule has 3 amide bonds. The minimum absolute atomic E-state index is 0.00960. The Balaban J connectivity index is 1.53. The Morgan fingerprint density at radius 3 is 2.66 bits per heavy atom. The average Bonchev–Trinajstić information content (AvgIpc) is 3.51. The summed E-state index contributed by atoms with van der Waals surface area (Å²) in [6, 6.07) is -1.12. The van der Waals surface area contributed by atoms with E-state index in [1.807, 2.05) is 0 Å². The molecule has 4 rings (SSSR count). The SMILES string of the molecule is Cn1c(N)c(CCCNC=O)c[n+]1CC1=C(C(=O)O)N2C(=O)[C@@H](NC(=O)/C(=N\OC(C)(C)C(=O)O)c3nsc(N)n3)[C@H]2SC1. The molecule has 236 valence electrons. The fourth-order valence-electron chi connectivity index (χ4n) is 4.39. The van der Waals surface area contributed by atoms with Crippen molar-refractivity contribution in [3.63, 3.8) is 0 Å². The number of nitrogen functional groups attached to an aromatic ring is 2. The van der Waals surface area contributed by atoms with Gasteiger partial charge in [-0.1, -0.05) is 5.16 Å². The third-order valence-corrected chi connectivity index (χ3v) is 8.74. The van der Waals surface area contributed by atoms with Crippen LogP contribution in [0.15, 0.2) is 22.6 Å². The van der Waals surface area contributed by atoms with E-state index in [1.165, 1.54) is 25.6 Å². The average molecular weight is 652 g/mol. The third kappa shape index (κ3) is 6.44. The number of carboxylic acid groups (broad SMARTS) is 2. The van der Waals surface area contributed by atoms with Crippen LogP contribution in [-0.4, -0.2) is 94.3 Å². The molecule has 0 bridgehead atoms. The number of nitrogens with one attached hydrogen (secondary N) is 2. The molecule has 0 saturated carbocycles. The highest BCUT2D eigenvalue weighted by atomic mass is 32.2. The van der Waals surface area contributed by atoms with E-state index < -0.39 is 46.5 Å². The van der Waals surface area contributed by atoms with Crippen molar-refractivity contribution >= 4 is 70.1 Å². The number of amides is 3. The van der Waals surface area contributed by atoms with Crippen LogP contribution in [-0.2, 0) is 48.8 Å². The van der Waals surface area contributed by atoms with Crippen molar-refractivity contribution < 1.29 is 43.7 Å². The second-order valence-corrected chi connectivity index (χ2v) is 12.1. The van der Waals surface area contributed by atoms with E-state index in [0.717, 1.165) is 22.0 Å². The van der Waals surface area contributed by atoms with Gasteiger partial charge in [-0.05, 0) is 26.7 Å². The van der Waals surface area contributed by atoms with Crippen molar-refractivity contribution in [3.05, 3.63) is 28.9 Å². The van der Waals surface area contributed by atoms with Crippen LogP contribution in [0, 0.1) is 0 Å². The zero-order valence-electron chi connectivity index (χ0n) is 23.8. The summed E-state index contributed by atoms with van der Waals surface area (Å²) in [5, 5.41) is 27.5. The number of carbonyl (C=O) groups is 5. The first kappa shape index (κ1) is 32.2. The molecule has 1 saturated heterocycles. The maximum Gasteiger partial charge on any atom is 0.352 e. The van der Waals surface area contributed by atoms with Crippen LogP contribution < -0.4 is 26.8 Å². The van der Waals surface area contributed by atoms with Gasteiger partial charge in [0.05, 0.1) is 12.6 Å². The zero-order valence-corrected chi connectivity index (χ0v) is 25.5. The number of anilines is 2. The molecule has 2 aliphatic heterocycles. The van der Waals surface area contributed by atoms with Gasteiger partial charge in [-0.3, -0.25) is 19.3 Å². The van der Waals surface area contributed by atoms with Crippen LogP contribution in [0.5, 0.6) is 0 Å². The number of aliphatic carboxylic acids is 2. The molecule has 0 unspecified atom stereocenters. The molecule has 0 aromatic carbocycles. The standard InChI is InChI=1S/C24H30N10O8S2/c1-24(2,22(40)41)42-30-13(17-29-23(26)44-31-17)18(36)28-14-19(37)34-15(21(38)39)12(9-43-20(14)34)8-33-7-11(16(25)32(33)3)5-4-6-27-10-35/h7,10,14,20,25H,4-6,8-9H2,1-3H3,(H6,26,27,28,29,31,35,36,38,39,40,41)/p+1/b30-13-/t14-,20-/m1/s1. The first-order valence-corrected chi connectivity index (χ1v) is 14.9. The summed E-state index contributed by atoms with van der Waals surface area (Å²) in [6.07, 6.45) is 3.67. The Morgan fingerprint density at radius 1 is 1.32 bits per heavy atom. The summed E-state index contributed by atoms with van der Waals surface area (Å²) in [6.45, 7) is 3.06. The minimum atomic E-state index is -1.80. The topological polar surface area (TPSA) is 261 Å². The fraction of sp³-hybridized carbons (Fsp3) is 0.458. The molecule has 0 aliphatic carbocycles. The number of β-lactam (4-membered cyclic amide) rings is 1. The number of hydrogen-bond donors (Lipinski definition) is 6. The van der Waals surface area contributed by atoms with Crippen LogP contribution >= 0.6 is 23.3 Å². The second-order valence-electron chi connectivity index (χ2n) is 10.3. The van der Waals surface area contributed by atoms with Gasteiger partial charge in [-0.25, -0.2) is 9.59 Å². The number of hydrogen-bond acceptors (Lipinski definition) is 13. The first-order valence-electron chi connectivity index (χ1n) is 13.1. The molecule has 2 aromatic rings. The van der Waals surface area contributed by atoms with Gasteiger partial charge in [0.15, 0.2) is 17.5 Å². The van der Waals surface area contributed by atoms with E-state index in [4.69, 9.17) is 16.3 Å². The summed E-state index contributed by atoms with van der Waals surface area (Å²) in [5.41, 5.74) is 10.7. The van der Waals surface area contributed by atoms with Gasteiger partial charge in [-0.2, -0.15) is 9.36 Å². The maximum atomic E-state index is 13.3. The Morgan fingerprint density at radius 2 is 2.05 bits per heavy atom. The number of nitrogens with zero attached hydrogens (tertiary/aromatic N) is 6. The Kier molecular flexibility index (Phi) is 9.42. The van der Waals surface area contributed by atoms with Gasteiger partial charge < -0.3 is 37.2 Å². The molecule has 0 spiro atoms. The summed E-state index contributed by atoms with van der Waals surface area (Å²) in [7, 11) is 1.73. The van der Waals surface area contributed by atoms with E-state index in [0.29, 0.717) is 37.2 Å². The summed E-state index contributed by atoms with van der Waals surface area (Å²) in [5.74, 6) is -3.78. The van der Waals surface area contributed by atoms with E-state index in [1.54, 1.807) is 22.6 Å². The summed E-state index contributed by atoms with van der Waals surface area (Å²) < 4.78 is 7.36. The fourth-order valence-corrected chi connectivity index (χ4v) is 6.16. The van der Waals surface area contributed by atoms with Gasteiger partial charge >= 0.3 is 11.9 Å². The van der Waals surface area contributed by atoms with Crippen LogP contribution in [0.2, 0.25) is 0 Å². The molecule has 2 aromatic heterocycles. The number of carboxylic acids is 2. The molecule has 4 heterocycles. The lowest BCUT2D eigenvalue weighted by molar-refractivity contribution is -0.765. The number of oxime groups is 1. The third-order valence-electron chi connectivity index (χ3n) is 6.86. The molecular formula is C24H31N10O8S2+. The monoisotopic (exact) mass is 651 g/mol. The number of rotatable bonds is 14. The smallest absolute Gasteiger partial charge is 0.352 e. The van der Waals surface area contributed by atoms with Crippen LogP contribution in [0.4, 0.5) is 10.9 Å². The van der Waals surface area contributed by atoms with Crippen molar-refractivity contribution in [2.24, 2.45) is 12.2 Å². The lowest BCUT2D eigenvalue weighted by Crippen LogP contribution is -2.71. The highest BCUT2D eigenvalue weighted by Crippen LogP contribution is 2.40. The Bertz CT molecular complexity index is 1570. The molecule has 1 fully saturated rings. The molecule has 44 heavy (non-hydrogen) atoms. The highest BCUT2D eigenvalue weighted by molar-refractivity contribution is 8.00. The number of carbonyl (C=O) groups excluding carboxylic acids is 3. The number of nitrogens with two attached hydrogens (primary N) is 2. The van der Waals surface area contributed by atoms with Gasteiger partial charge in [0.2, 0.25) is 29.7 Å². The summed E-state index contributed by atoms with van der Waals surface area (Å²) >= 11 is 2.03. The molecule has 2 aliphatic rings. The second kappa shape index (κ2) is 12.9. The van der Waals surface area contributed by atoms with Crippen LogP contribution in [0.25, 0.3) is 0 Å². The molecule has 2 atom stereocenters. The van der Waals surface area contributed by atoms with Crippen molar-refractivity contribution in [1.82, 2.24) is 29.6 Å². The van der Waals surface area contributed by atoms with Gasteiger partial charge in [-0.15, -0.1) is 21.1 Å². The van der Waals surface area contributed by atoms with E-state index in [-0.39, 0.29) is 29.0 Å². The molecule has 18 nitrogen and oxygen atoms in total. The first-order chi connectivity index (χ1) is 20.8. The highest BCUT2D eigenvalue weighted by Gasteiger charge is 2.55. The predicted molar refractivity (Wildman–Crippen MR) is 156 cm³/mol. The number of aryl methyl sites for hydroxylation is 1. The van der Waals surface area contributed by atoms with Crippen molar-refractivity contribution in [1.29, 1.82) is 0 Å². The van der Waals surface area contributed by atoms with Gasteiger partial charge in [0, 0.05) is 29.4 Å². The normalized spacial score (nSPS) is 18.4. The Labute approximate surface area is 258 Å². The van der Waals surface area contributed by atoms with Crippen molar-refractivity contribution in [2.45, 2.75) is 50.3 Å². The molecule has 8 N–H and O–H groups in total. The van der Waals surface area contributed by atoms with E-state index in [2.05, 4.69) is 25.1 Å².